The molecule has 0 aliphatic heterocycles. The number of nitrogens with zero attached hydrogens (tertiary/aromatic N) is 2. The average Bonchev–Trinajstić information content (AvgIpc) is 3.54. The normalized spacial score (nSPS) is 12.4. The van der Waals surface area contributed by atoms with Gasteiger partial charge in [0.05, 0.1) is 24.5 Å². The number of aryl methyl sites for hydroxylation is 2. The summed E-state index contributed by atoms with van der Waals surface area (Å²) >= 11 is 0. The first-order valence-corrected chi connectivity index (χ1v) is 18.2. The van der Waals surface area contributed by atoms with Crippen LogP contribution in [0.4, 0.5) is 0 Å². The Kier molecular flexibility index (Phi) is 5.32. The van der Waals surface area contributed by atoms with Crippen molar-refractivity contribution in [1.29, 1.82) is 0 Å². The lowest BCUT2D eigenvalue weighted by atomic mass is 9.99. The Morgan fingerprint density at radius 3 is 2.17 bits per heavy atom. The summed E-state index contributed by atoms with van der Waals surface area (Å²) in [5.74, 6) is 0. The fourth-order valence-corrected chi connectivity index (χ4v) is 7.91. The third-order valence-corrected chi connectivity index (χ3v) is 11.0. The summed E-state index contributed by atoms with van der Waals surface area (Å²) in [6, 6.07) is 39.8. The maximum absolute atomic E-state index is 6.93. The number of fused-ring (bicyclic) bond motifs is 8. The number of pyridine rings is 1. The molecule has 42 heavy (non-hydrogen) atoms. The molecule has 3 aromatic heterocycles. The molecule has 0 N–H and O–H groups in total. The van der Waals surface area contributed by atoms with Crippen molar-refractivity contribution >= 4 is 67.9 Å². The standard InChI is InChI=1S/C38H33N2OSi/c1-24-15-19-29-28-20-17-25-16-18-27(42(3,4)5)23-31(25)37(28)41-38(29)35(24)33-21-22-34-36(39(33)2)30-13-9-10-14-32(30)40(34)26-11-7-6-8-12-26/h6-23H,1-5H3/q+1. The molecule has 0 radical (unpaired) electrons. The quantitative estimate of drug-likeness (QED) is 0.156. The molecule has 3 nitrogen and oxygen atoms in total. The Balaban J connectivity index is 1.44. The van der Waals surface area contributed by atoms with Gasteiger partial charge in [-0.1, -0.05) is 91.6 Å². The van der Waals surface area contributed by atoms with Gasteiger partial charge in [0.2, 0.25) is 11.2 Å². The third-order valence-electron chi connectivity index (χ3n) is 8.95. The van der Waals surface area contributed by atoms with Crippen molar-refractivity contribution in [3.05, 3.63) is 115 Å². The molecule has 0 saturated heterocycles. The van der Waals surface area contributed by atoms with Crippen molar-refractivity contribution < 1.29 is 8.98 Å². The van der Waals surface area contributed by atoms with Gasteiger partial charge in [-0.25, -0.2) is 0 Å². The van der Waals surface area contributed by atoms with Crippen LogP contribution in [0.25, 0.3) is 71.6 Å². The van der Waals surface area contributed by atoms with Gasteiger partial charge in [-0.15, -0.1) is 0 Å². The summed E-state index contributed by atoms with van der Waals surface area (Å²) in [6.07, 6.45) is 0. The molecule has 8 aromatic rings. The second-order valence-corrected chi connectivity index (χ2v) is 17.6. The van der Waals surface area contributed by atoms with Crippen molar-refractivity contribution in [2.45, 2.75) is 26.6 Å². The van der Waals surface area contributed by atoms with E-state index in [0.717, 1.165) is 33.5 Å². The largest absolute Gasteiger partial charge is 0.454 e. The fraction of sp³-hybridized carbons (Fsp3) is 0.132. The number of rotatable bonds is 3. The van der Waals surface area contributed by atoms with Gasteiger partial charge < -0.3 is 8.98 Å². The van der Waals surface area contributed by atoms with Crippen molar-refractivity contribution in [3.63, 3.8) is 0 Å². The topological polar surface area (TPSA) is 21.9 Å². The zero-order chi connectivity index (χ0) is 28.7. The van der Waals surface area contributed by atoms with Gasteiger partial charge in [0, 0.05) is 27.9 Å². The van der Waals surface area contributed by atoms with Gasteiger partial charge >= 0.3 is 0 Å². The van der Waals surface area contributed by atoms with Crippen LogP contribution in [0.3, 0.4) is 0 Å². The molecule has 8 rings (SSSR count). The fourth-order valence-electron chi connectivity index (χ4n) is 6.75. The number of hydrogen-bond acceptors (Lipinski definition) is 1. The zero-order valence-corrected chi connectivity index (χ0v) is 25.7. The summed E-state index contributed by atoms with van der Waals surface area (Å²) in [4.78, 5) is 0. The SMILES string of the molecule is Cc1ccc2c(oc3c4cc([Si](C)(C)C)ccc4ccc23)c1-c1ccc2c(c3ccccc3n2-c2ccccc2)[n+]1C. The summed E-state index contributed by atoms with van der Waals surface area (Å²) < 4.78 is 11.6. The van der Waals surface area contributed by atoms with Crippen molar-refractivity contribution in [2.24, 2.45) is 7.05 Å². The van der Waals surface area contributed by atoms with Crippen molar-refractivity contribution in [1.82, 2.24) is 4.57 Å². The minimum atomic E-state index is -1.48. The number of hydrogen-bond donors (Lipinski definition) is 0. The summed E-state index contributed by atoms with van der Waals surface area (Å²) in [6.45, 7) is 9.40. The highest BCUT2D eigenvalue weighted by Crippen LogP contribution is 2.40. The first kappa shape index (κ1) is 25.1. The molecule has 0 amide bonds. The number of benzene rings is 5. The number of para-hydroxylation sites is 2. The molecule has 5 aromatic carbocycles. The van der Waals surface area contributed by atoms with Gasteiger partial charge in [0.15, 0.2) is 0 Å². The smallest absolute Gasteiger partial charge is 0.239 e. The number of furan rings is 1. The Morgan fingerprint density at radius 1 is 0.643 bits per heavy atom. The summed E-state index contributed by atoms with van der Waals surface area (Å²) in [5.41, 5.74) is 10.2. The van der Waals surface area contributed by atoms with Crippen LogP contribution in [-0.2, 0) is 7.05 Å². The van der Waals surface area contributed by atoms with E-state index in [2.05, 4.69) is 152 Å². The molecule has 3 heterocycles. The van der Waals surface area contributed by atoms with Gasteiger partial charge in [-0.05, 0) is 54.3 Å². The Hall–Kier alpha value is -4.67. The van der Waals surface area contributed by atoms with Crippen LogP contribution >= 0.6 is 0 Å². The van der Waals surface area contributed by atoms with E-state index < -0.39 is 8.07 Å². The van der Waals surface area contributed by atoms with Crippen molar-refractivity contribution in [3.8, 4) is 16.9 Å². The van der Waals surface area contributed by atoms with Crippen LogP contribution in [0.1, 0.15) is 5.56 Å². The molecule has 0 fully saturated rings. The summed E-state index contributed by atoms with van der Waals surface area (Å²) in [7, 11) is 0.715. The van der Waals surface area contributed by atoms with E-state index in [9.17, 15) is 0 Å². The van der Waals surface area contributed by atoms with E-state index in [1.165, 1.54) is 48.8 Å². The molecule has 4 heteroatoms. The van der Waals surface area contributed by atoms with E-state index in [4.69, 9.17) is 4.42 Å². The Bertz CT molecular complexity index is 2350. The predicted octanol–water partition coefficient (Wildman–Crippen LogP) is 9.18. The first-order valence-electron chi connectivity index (χ1n) is 14.7. The van der Waals surface area contributed by atoms with Gasteiger partial charge in [0.25, 0.3) is 0 Å². The highest BCUT2D eigenvalue weighted by atomic mass is 28.3. The van der Waals surface area contributed by atoms with Gasteiger partial charge in [-0.3, -0.25) is 0 Å². The van der Waals surface area contributed by atoms with Crippen LogP contribution in [0.2, 0.25) is 19.6 Å². The van der Waals surface area contributed by atoms with Crippen molar-refractivity contribution in [2.75, 3.05) is 0 Å². The minimum absolute atomic E-state index is 0.956. The molecule has 0 atom stereocenters. The number of aromatic nitrogens is 2. The van der Waals surface area contributed by atoms with Crippen LogP contribution < -0.4 is 9.75 Å². The highest BCUT2D eigenvalue weighted by Gasteiger charge is 2.26. The van der Waals surface area contributed by atoms with Gasteiger partial charge in [0.1, 0.15) is 23.7 Å². The summed E-state index contributed by atoms with van der Waals surface area (Å²) in [5, 5.41) is 7.46. The molecule has 0 bridgehead atoms. The molecule has 204 valence electrons. The highest BCUT2D eigenvalue weighted by molar-refractivity contribution is 6.88. The maximum atomic E-state index is 6.93. The third kappa shape index (κ3) is 3.55. The molecule has 0 aliphatic carbocycles. The molecule has 0 saturated carbocycles. The monoisotopic (exact) mass is 561 g/mol. The van der Waals surface area contributed by atoms with Crippen LogP contribution in [0.15, 0.2) is 114 Å². The lowest BCUT2D eigenvalue weighted by Gasteiger charge is -2.17. The van der Waals surface area contributed by atoms with E-state index >= 15 is 0 Å². The molecule has 0 spiro atoms. The second kappa shape index (κ2) is 8.91. The van der Waals surface area contributed by atoms with Crippen LogP contribution in [0.5, 0.6) is 0 Å². The van der Waals surface area contributed by atoms with E-state index in [1.54, 1.807) is 0 Å². The first-order chi connectivity index (χ1) is 20.3. The Morgan fingerprint density at radius 2 is 1.36 bits per heavy atom. The molecule has 0 aliphatic rings. The minimum Gasteiger partial charge on any atom is -0.454 e. The average molecular weight is 562 g/mol. The molecular weight excluding hydrogens is 529 g/mol. The van der Waals surface area contributed by atoms with E-state index in [-0.39, 0.29) is 0 Å². The van der Waals surface area contributed by atoms with E-state index in [0.29, 0.717) is 0 Å². The van der Waals surface area contributed by atoms with Crippen LogP contribution in [-0.4, -0.2) is 12.6 Å². The van der Waals surface area contributed by atoms with E-state index in [1.807, 2.05) is 0 Å². The lowest BCUT2D eigenvalue weighted by Crippen LogP contribution is -2.37. The maximum Gasteiger partial charge on any atom is 0.239 e. The zero-order valence-electron chi connectivity index (χ0n) is 24.7. The molecule has 0 unspecified atom stereocenters. The lowest BCUT2D eigenvalue weighted by molar-refractivity contribution is -0.632. The second-order valence-electron chi connectivity index (χ2n) is 12.6. The van der Waals surface area contributed by atoms with Gasteiger partial charge in [-0.2, -0.15) is 4.57 Å². The Labute approximate surface area is 246 Å². The predicted molar refractivity (Wildman–Crippen MR) is 180 cm³/mol. The van der Waals surface area contributed by atoms with Crippen LogP contribution in [0, 0.1) is 6.92 Å². The molecular formula is C38H33N2OSi+.